The minimum absolute atomic E-state index is 0.0651. The van der Waals surface area contributed by atoms with E-state index >= 15 is 0 Å². The molecule has 0 spiro atoms. The molecule has 3 rings (SSSR count). The highest BCUT2D eigenvalue weighted by Gasteiger charge is 2.31. The van der Waals surface area contributed by atoms with Gasteiger partial charge < -0.3 is 10.4 Å². The quantitative estimate of drug-likeness (QED) is 0.628. The summed E-state index contributed by atoms with van der Waals surface area (Å²) >= 11 is 0. The van der Waals surface area contributed by atoms with Gasteiger partial charge in [-0.15, -0.1) is 0 Å². The number of nitrogens with one attached hydrogen (secondary N) is 1. The van der Waals surface area contributed by atoms with Crippen LogP contribution < -0.4 is 5.32 Å². The zero-order chi connectivity index (χ0) is 18.0. The number of non-ortho nitro benzene ring substituents is 1. The number of nitro groups is 1. The van der Waals surface area contributed by atoms with Crippen molar-refractivity contribution in [2.75, 3.05) is 0 Å². The van der Waals surface area contributed by atoms with Gasteiger partial charge >= 0.3 is 5.97 Å². The summed E-state index contributed by atoms with van der Waals surface area (Å²) in [5, 5.41) is 26.8. The van der Waals surface area contributed by atoms with Crippen molar-refractivity contribution in [2.45, 2.75) is 25.3 Å². The molecule has 9 nitrogen and oxygen atoms in total. The third-order valence-corrected chi connectivity index (χ3v) is 4.24. The first kappa shape index (κ1) is 16.6. The van der Waals surface area contributed by atoms with Gasteiger partial charge in [0.2, 0.25) is 0 Å². The van der Waals surface area contributed by atoms with Crippen molar-refractivity contribution in [2.24, 2.45) is 5.92 Å². The number of aliphatic carboxylic acids is 1. The number of carboxylic acid groups (broad SMARTS) is 1. The molecule has 130 valence electrons. The number of nitro benzene ring substituents is 1. The maximum Gasteiger partial charge on any atom is 0.306 e. The Morgan fingerprint density at radius 2 is 2.12 bits per heavy atom. The van der Waals surface area contributed by atoms with Crippen LogP contribution in [0.25, 0.3) is 5.69 Å². The van der Waals surface area contributed by atoms with Crippen molar-refractivity contribution in [1.29, 1.82) is 0 Å². The van der Waals surface area contributed by atoms with E-state index in [1.807, 2.05) is 0 Å². The summed E-state index contributed by atoms with van der Waals surface area (Å²) in [6.45, 7) is 0. The molecule has 2 N–H and O–H groups in total. The Bertz CT molecular complexity index is 831. The predicted molar refractivity (Wildman–Crippen MR) is 86.4 cm³/mol. The van der Waals surface area contributed by atoms with Gasteiger partial charge in [0.05, 0.1) is 16.5 Å². The van der Waals surface area contributed by atoms with Crippen LogP contribution in [0.4, 0.5) is 5.69 Å². The molecule has 0 aliphatic heterocycles. The molecule has 1 heterocycles. The number of carbonyl (C=O) groups is 2. The molecular weight excluding hydrogens is 328 g/mol. The molecule has 1 amide bonds. The van der Waals surface area contributed by atoms with Crippen molar-refractivity contribution in [3.05, 3.63) is 52.3 Å². The maximum absolute atomic E-state index is 12.3. The molecule has 9 heteroatoms. The van der Waals surface area contributed by atoms with E-state index in [0.717, 1.165) is 0 Å². The van der Waals surface area contributed by atoms with Gasteiger partial charge in [-0.3, -0.25) is 19.7 Å². The summed E-state index contributed by atoms with van der Waals surface area (Å²) < 4.78 is 1.39. The van der Waals surface area contributed by atoms with Crippen molar-refractivity contribution in [3.8, 4) is 5.69 Å². The highest BCUT2D eigenvalue weighted by Crippen LogP contribution is 2.25. The molecule has 2 atom stereocenters. The molecule has 0 bridgehead atoms. The summed E-state index contributed by atoms with van der Waals surface area (Å²) in [7, 11) is 0. The zero-order valence-corrected chi connectivity index (χ0v) is 13.2. The number of hydrogen-bond donors (Lipinski definition) is 2. The van der Waals surface area contributed by atoms with Gasteiger partial charge in [-0.25, -0.2) is 4.68 Å². The lowest BCUT2D eigenvalue weighted by Gasteiger charge is -2.11. The van der Waals surface area contributed by atoms with Crippen LogP contribution in [0.5, 0.6) is 0 Å². The van der Waals surface area contributed by atoms with E-state index in [-0.39, 0.29) is 23.3 Å². The molecule has 1 aromatic carbocycles. The molecule has 1 fully saturated rings. The fourth-order valence-corrected chi connectivity index (χ4v) is 2.93. The molecular formula is C16H16N4O5. The van der Waals surface area contributed by atoms with Crippen LogP contribution in [0.15, 0.2) is 36.5 Å². The molecule has 1 aliphatic carbocycles. The Morgan fingerprint density at radius 1 is 1.32 bits per heavy atom. The number of aromatic nitrogens is 2. The number of carboxylic acids is 1. The minimum Gasteiger partial charge on any atom is -0.481 e. The SMILES string of the molecule is O=C(N[C@H]1CC[C@@H](C(=O)O)C1)c1ccn(-c2cccc([N+](=O)[O-])c2)n1. The highest BCUT2D eigenvalue weighted by molar-refractivity contribution is 5.92. The molecule has 0 unspecified atom stereocenters. The summed E-state index contributed by atoms with van der Waals surface area (Å²) in [4.78, 5) is 33.6. The molecule has 0 radical (unpaired) electrons. The van der Waals surface area contributed by atoms with Crippen LogP contribution in [0.1, 0.15) is 29.8 Å². The fourth-order valence-electron chi connectivity index (χ4n) is 2.93. The smallest absolute Gasteiger partial charge is 0.306 e. The van der Waals surface area contributed by atoms with Crippen molar-refractivity contribution < 1.29 is 19.6 Å². The Hall–Kier alpha value is -3.23. The summed E-state index contributed by atoms with van der Waals surface area (Å²) in [5.74, 6) is -1.65. The average molecular weight is 344 g/mol. The zero-order valence-electron chi connectivity index (χ0n) is 13.2. The molecule has 0 saturated heterocycles. The molecule has 1 saturated carbocycles. The average Bonchev–Trinajstić information content (AvgIpc) is 3.24. The van der Waals surface area contributed by atoms with Crippen molar-refractivity contribution in [1.82, 2.24) is 15.1 Å². The van der Waals surface area contributed by atoms with Gasteiger partial charge in [-0.1, -0.05) is 6.07 Å². The fraction of sp³-hybridized carbons (Fsp3) is 0.312. The first-order valence-corrected chi connectivity index (χ1v) is 7.78. The lowest BCUT2D eigenvalue weighted by molar-refractivity contribution is -0.384. The number of nitrogens with zero attached hydrogens (tertiary/aromatic N) is 3. The van der Waals surface area contributed by atoms with Gasteiger partial charge in [-0.05, 0) is 31.4 Å². The number of rotatable bonds is 5. The number of carbonyl (C=O) groups excluding carboxylic acids is 1. The van der Waals surface area contributed by atoms with Crippen LogP contribution in [0.3, 0.4) is 0 Å². The van der Waals surface area contributed by atoms with Crippen LogP contribution >= 0.6 is 0 Å². The number of hydrogen-bond acceptors (Lipinski definition) is 5. The van der Waals surface area contributed by atoms with Crippen molar-refractivity contribution in [3.63, 3.8) is 0 Å². The van der Waals surface area contributed by atoms with Crippen molar-refractivity contribution >= 4 is 17.6 Å². The minimum atomic E-state index is -0.841. The Morgan fingerprint density at radius 3 is 2.80 bits per heavy atom. The monoisotopic (exact) mass is 344 g/mol. The van der Waals surface area contributed by atoms with Gasteiger partial charge in [0.1, 0.15) is 0 Å². The second-order valence-corrected chi connectivity index (χ2v) is 5.94. The molecule has 1 aliphatic rings. The summed E-state index contributed by atoms with van der Waals surface area (Å²) in [5.41, 5.74) is 0.579. The van der Waals surface area contributed by atoms with E-state index in [1.54, 1.807) is 18.3 Å². The molecule has 2 aromatic rings. The van der Waals surface area contributed by atoms with E-state index in [9.17, 15) is 19.7 Å². The Kier molecular flexibility index (Phi) is 4.46. The van der Waals surface area contributed by atoms with E-state index in [0.29, 0.717) is 24.9 Å². The summed E-state index contributed by atoms with van der Waals surface area (Å²) in [6, 6.07) is 7.26. The Labute approximate surface area is 142 Å². The van der Waals surface area contributed by atoms with Crippen LogP contribution in [0.2, 0.25) is 0 Å². The van der Waals surface area contributed by atoms with Crippen LogP contribution in [-0.2, 0) is 4.79 Å². The second kappa shape index (κ2) is 6.71. The van der Waals surface area contributed by atoms with Gasteiger partial charge in [0, 0.05) is 24.4 Å². The molecule has 25 heavy (non-hydrogen) atoms. The van der Waals surface area contributed by atoms with Crippen LogP contribution in [-0.4, -0.2) is 37.7 Å². The third kappa shape index (κ3) is 3.65. The van der Waals surface area contributed by atoms with E-state index in [1.165, 1.54) is 22.9 Å². The Balaban J connectivity index is 1.69. The summed E-state index contributed by atoms with van der Waals surface area (Å²) in [6.07, 6.45) is 3.12. The van der Waals surface area contributed by atoms with Gasteiger partial charge in [0.15, 0.2) is 5.69 Å². The normalized spacial score (nSPS) is 19.5. The largest absolute Gasteiger partial charge is 0.481 e. The van der Waals surface area contributed by atoms with Gasteiger partial charge in [-0.2, -0.15) is 5.10 Å². The van der Waals surface area contributed by atoms with E-state index in [4.69, 9.17) is 5.11 Å². The number of amides is 1. The lowest BCUT2D eigenvalue weighted by atomic mass is 10.1. The topological polar surface area (TPSA) is 127 Å². The second-order valence-electron chi connectivity index (χ2n) is 5.94. The van der Waals surface area contributed by atoms with E-state index < -0.39 is 16.8 Å². The van der Waals surface area contributed by atoms with Gasteiger partial charge in [0.25, 0.3) is 11.6 Å². The predicted octanol–water partition coefficient (Wildman–Crippen LogP) is 1.76. The third-order valence-electron chi connectivity index (χ3n) is 4.24. The highest BCUT2D eigenvalue weighted by atomic mass is 16.6. The first-order chi connectivity index (χ1) is 11.9. The lowest BCUT2D eigenvalue weighted by Crippen LogP contribution is -2.33. The first-order valence-electron chi connectivity index (χ1n) is 7.78. The van der Waals surface area contributed by atoms with Crippen LogP contribution in [0, 0.1) is 16.0 Å². The molecule has 1 aromatic heterocycles. The standard InChI is InChI=1S/C16H16N4O5/c21-15(17-11-5-4-10(8-11)16(22)23)14-6-7-19(18-14)12-2-1-3-13(9-12)20(24)25/h1-3,6-7,9-11H,4-5,8H2,(H,17,21)(H,22,23)/t10-,11+/m1/s1. The maximum atomic E-state index is 12.3. The van der Waals surface area contributed by atoms with E-state index in [2.05, 4.69) is 10.4 Å². The number of benzene rings is 1.